The highest BCUT2D eigenvalue weighted by atomic mass is 16.5. The lowest BCUT2D eigenvalue weighted by Crippen LogP contribution is -2.55. The third kappa shape index (κ3) is 8.41. The van der Waals surface area contributed by atoms with Crippen LogP contribution in [-0.2, 0) is 19.2 Å². The van der Waals surface area contributed by atoms with Crippen molar-refractivity contribution in [1.82, 2.24) is 35.1 Å². The van der Waals surface area contributed by atoms with Crippen LogP contribution >= 0.6 is 0 Å². The van der Waals surface area contributed by atoms with Crippen LogP contribution in [0.4, 0.5) is 4.79 Å². The molecule has 1 aromatic carbocycles. The van der Waals surface area contributed by atoms with E-state index in [1.807, 2.05) is 0 Å². The number of aromatic nitrogens is 2. The van der Waals surface area contributed by atoms with Crippen molar-refractivity contribution in [3.8, 4) is 11.6 Å². The van der Waals surface area contributed by atoms with Crippen LogP contribution in [-0.4, -0.2) is 128 Å². The Kier molecular flexibility index (Phi) is 11.1. The van der Waals surface area contributed by atoms with Crippen LogP contribution in [0.1, 0.15) is 55.4 Å². The molecule has 1 aromatic heterocycles. The van der Waals surface area contributed by atoms with Crippen molar-refractivity contribution in [2.24, 2.45) is 5.92 Å². The lowest BCUT2D eigenvalue weighted by molar-refractivity contribution is -0.140. The van der Waals surface area contributed by atoms with Crippen LogP contribution in [0.5, 0.6) is 5.88 Å². The van der Waals surface area contributed by atoms with Gasteiger partial charge in [0, 0.05) is 51.8 Å². The molecule has 3 fully saturated rings. The number of piperazine rings is 1. The van der Waals surface area contributed by atoms with Crippen LogP contribution < -0.4 is 15.4 Å². The van der Waals surface area contributed by atoms with Gasteiger partial charge in [0.1, 0.15) is 12.1 Å². The van der Waals surface area contributed by atoms with Crippen LogP contribution in [0.3, 0.4) is 0 Å². The lowest BCUT2D eigenvalue weighted by Gasteiger charge is -2.35. The topological polar surface area (TPSA) is 204 Å². The molecule has 5 amide bonds. The Bertz CT molecular complexity index is 1500. The number of rotatable bonds is 13. The molecule has 2 aromatic rings. The summed E-state index contributed by atoms with van der Waals surface area (Å²) in [4.78, 5) is 79.6. The van der Waals surface area contributed by atoms with Gasteiger partial charge in [-0.3, -0.25) is 24.0 Å². The Morgan fingerprint density at radius 1 is 0.917 bits per heavy atom. The summed E-state index contributed by atoms with van der Waals surface area (Å²) in [5, 5.41) is 28.4. The number of hydrogen-bond donors (Lipinski definition) is 4. The van der Waals surface area contributed by atoms with Crippen molar-refractivity contribution in [3.05, 3.63) is 42.1 Å². The molecule has 16 nitrogen and oxygen atoms in total. The van der Waals surface area contributed by atoms with Gasteiger partial charge < -0.3 is 40.3 Å². The number of ether oxygens (including phenoxy) is 1. The molecule has 258 valence electrons. The molecule has 16 heteroatoms. The molecule has 48 heavy (non-hydrogen) atoms. The zero-order chi connectivity index (χ0) is 34.2. The van der Waals surface area contributed by atoms with Crippen molar-refractivity contribution in [2.75, 3.05) is 45.9 Å². The van der Waals surface area contributed by atoms with E-state index in [4.69, 9.17) is 4.74 Å². The standard InChI is InChI=1S/C32H41N7O9/c40-26(38-13-5-10-25(38)30(44)33-19-21-6-4-7-21)20-48-27-18-24(35-39(27)22-8-2-1-3-9-22)29(43)34-23(11-12-28(41)42)31(45)36-14-16-37(17-15-36)32(46)47/h1-3,8-9,18,21,23,25H,4-7,10-17,19-20H2,(H,33,44)(H,34,43)(H,41,42)(H,46,47). The maximum Gasteiger partial charge on any atom is 0.407 e. The number of likely N-dealkylation sites (tertiary alicyclic amines) is 1. The Balaban J connectivity index is 1.27. The Labute approximate surface area is 277 Å². The zero-order valence-electron chi connectivity index (χ0n) is 26.6. The summed E-state index contributed by atoms with van der Waals surface area (Å²) >= 11 is 0. The van der Waals surface area contributed by atoms with E-state index in [-0.39, 0.29) is 56.0 Å². The first kappa shape index (κ1) is 34.2. The van der Waals surface area contributed by atoms with E-state index < -0.39 is 49.0 Å². The number of carboxylic acids is 1. The predicted octanol–water partition coefficient (Wildman–Crippen LogP) is 0.944. The van der Waals surface area contributed by atoms with Crippen LogP contribution in [0.2, 0.25) is 0 Å². The molecule has 1 saturated carbocycles. The molecule has 0 spiro atoms. The third-order valence-corrected chi connectivity index (χ3v) is 9.03. The lowest BCUT2D eigenvalue weighted by atomic mass is 9.85. The second-order valence-electron chi connectivity index (χ2n) is 12.2. The maximum absolute atomic E-state index is 13.5. The van der Waals surface area contributed by atoms with Gasteiger partial charge >= 0.3 is 12.1 Å². The van der Waals surface area contributed by atoms with Crippen molar-refractivity contribution in [2.45, 2.75) is 57.0 Å². The van der Waals surface area contributed by atoms with Gasteiger partial charge in [0.15, 0.2) is 12.3 Å². The van der Waals surface area contributed by atoms with Gasteiger partial charge in [-0.2, -0.15) is 5.10 Å². The highest BCUT2D eigenvalue weighted by molar-refractivity contribution is 5.96. The molecular formula is C32H41N7O9. The van der Waals surface area contributed by atoms with Crippen molar-refractivity contribution >= 4 is 35.7 Å². The van der Waals surface area contributed by atoms with Crippen LogP contribution in [0, 0.1) is 5.92 Å². The van der Waals surface area contributed by atoms with E-state index in [0.717, 1.165) is 12.8 Å². The number of carbonyl (C=O) groups is 6. The fourth-order valence-corrected chi connectivity index (χ4v) is 6.04. The number of amides is 5. The summed E-state index contributed by atoms with van der Waals surface area (Å²) in [6, 6.07) is 8.30. The smallest absolute Gasteiger partial charge is 0.407 e. The minimum Gasteiger partial charge on any atom is -0.481 e. The Morgan fingerprint density at radius 3 is 2.27 bits per heavy atom. The quantitative estimate of drug-likeness (QED) is 0.238. The average Bonchev–Trinajstić information content (AvgIpc) is 3.73. The molecule has 2 aliphatic heterocycles. The Hall–Kier alpha value is -5.15. The molecule has 4 N–H and O–H groups in total. The van der Waals surface area contributed by atoms with Gasteiger partial charge in [-0.05, 0) is 50.2 Å². The zero-order valence-corrected chi connectivity index (χ0v) is 26.6. The second-order valence-corrected chi connectivity index (χ2v) is 12.2. The molecular weight excluding hydrogens is 626 g/mol. The largest absolute Gasteiger partial charge is 0.481 e. The third-order valence-electron chi connectivity index (χ3n) is 9.03. The first-order valence-corrected chi connectivity index (χ1v) is 16.3. The van der Waals surface area contributed by atoms with E-state index in [2.05, 4.69) is 15.7 Å². The van der Waals surface area contributed by atoms with Gasteiger partial charge in [0.2, 0.25) is 17.7 Å². The van der Waals surface area contributed by atoms with Crippen LogP contribution in [0.25, 0.3) is 5.69 Å². The number of nitrogens with zero attached hydrogens (tertiary/aromatic N) is 5. The Morgan fingerprint density at radius 2 is 1.62 bits per heavy atom. The number of para-hydroxylation sites is 1. The van der Waals surface area contributed by atoms with E-state index >= 15 is 0 Å². The molecule has 2 unspecified atom stereocenters. The van der Waals surface area contributed by atoms with E-state index in [1.54, 1.807) is 30.3 Å². The highest BCUT2D eigenvalue weighted by Crippen LogP contribution is 2.26. The maximum atomic E-state index is 13.5. The minimum atomic E-state index is -1.21. The van der Waals surface area contributed by atoms with E-state index in [9.17, 15) is 39.0 Å². The number of hydrogen-bond acceptors (Lipinski definition) is 8. The molecule has 1 aliphatic carbocycles. The summed E-state index contributed by atoms with van der Waals surface area (Å²) in [6.07, 6.45) is 2.94. The SMILES string of the molecule is O=C(O)CCC(NC(=O)c1cc(OCC(=O)N2CCCC2C(=O)NCC2CCC2)n(-c2ccccc2)n1)C(=O)N1CCN(C(=O)O)CC1. The van der Waals surface area contributed by atoms with Crippen molar-refractivity contribution < 1.29 is 43.7 Å². The van der Waals surface area contributed by atoms with Gasteiger partial charge in [-0.15, -0.1) is 0 Å². The van der Waals surface area contributed by atoms with E-state index in [1.165, 1.54) is 31.9 Å². The molecule has 5 rings (SSSR count). The predicted molar refractivity (Wildman–Crippen MR) is 168 cm³/mol. The molecule has 0 radical (unpaired) electrons. The number of carboxylic acid groups (broad SMARTS) is 2. The summed E-state index contributed by atoms with van der Waals surface area (Å²) in [5.74, 6) is -2.44. The fourth-order valence-electron chi connectivity index (χ4n) is 6.04. The van der Waals surface area contributed by atoms with Crippen LogP contribution in [0.15, 0.2) is 36.4 Å². The summed E-state index contributed by atoms with van der Waals surface area (Å²) in [5.41, 5.74) is 0.391. The minimum absolute atomic E-state index is 0.0723. The fraction of sp³-hybridized carbons (Fsp3) is 0.531. The number of nitrogens with one attached hydrogen (secondary N) is 2. The van der Waals surface area contributed by atoms with Gasteiger partial charge in [0.05, 0.1) is 5.69 Å². The normalized spacial score (nSPS) is 18.5. The van der Waals surface area contributed by atoms with Crippen molar-refractivity contribution in [1.29, 1.82) is 0 Å². The van der Waals surface area contributed by atoms with Crippen molar-refractivity contribution in [3.63, 3.8) is 0 Å². The van der Waals surface area contributed by atoms with Gasteiger partial charge in [-0.25, -0.2) is 9.48 Å². The number of benzene rings is 1. The molecule has 2 saturated heterocycles. The van der Waals surface area contributed by atoms with Gasteiger partial charge in [0.25, 0.3) is 11.8 Å². The molecule has 2 atom stereocenters. The summed E-state index contributed by atoms with van der Waals surface area (Å²) in [6.45, 7) is 0.994. The van der Waals surface area contributed by atoms with Gasteiger partial charge in [-0.1, -0.05) is 24.6 Å². The highest BCUT2D eigenvalue weighted by Gasteiger charge is 2.35. The molecule has 3 aliphatic rings. The number of carbonyl (C=O) groups excluding carboxylic acids is 4. The first-order chi connectivity index (χ1) is 23.1. The molecule has 3 heterocycles. The average molecular weight is 668 g/mol. The summed E-state index contributed by atoms with van der Waals surface area (Å²) in [7, 11) is 0. The second kappa shape index (κ2) is 15.6. The summed E-state index contributed by atoms with van der Waals surface area (Å²) < 4.78 is 7.24. The van der Waals surface area contributed by atoms with E-state index in [0.29, 0.717) is 37.5 Å². The first-order valence-electron chi connectivity index (χ1n) is 16.3. The molecule has 0 bridgehead atoms. The monoisotopic (exact) mass is 667 g/mol. The number of aliphatic carboxylic acids is 1.